The zero-order valence-electron chi connectivity index (χ0n) is 8.81. The van der Waals surface area contributed by atoms with Crippen molar-refractivity contribution in [3.05, 3.63) is 24.0 Å². The zero-order chi connectivity index (χ0) is 10.8. The molecule has 1 aromatic rings. The van der Waals surface area contributed by atoms with Crippen LogP contribution in [-0.4, -0.2) is 23.6 Å². The van der Waals surface area contributed by atoms with Crippen molar-refractivity contribution >= 4 is 22.9 Å². The van der Waals surface area contributed by atoms with Crippen molar-refractivity contribution < 1.29 is 0 Å². The highest BCUT2D eigenvalue weighted by Crippen LogP contribution is 2.31. The highest BCUT2D eigenvalue weighted by molar-refractivity contribution is 7.80. The molecule has 0 bridgehead atoms. The van der Waals surface area contributed by atoms with Crippen molar-refractivity contribution in [2.75, 3.05) is 18.5 Å². The lowest BCUT2D eigenvalue weighted by Gasteiger charge is -2.20. The number of anilines is 1. The van der Waals surface area contributed by atoms with Crippen LogP contribution in [0.2, 0.25) is 0 Å². The number of nitrogens with zero attached hydrogens (tertiary/aromatic N) is 2. The third-order valence-corrected chi connectivity index (χ3v) is 2.85. The molecule has 0 saturated heterocycles. The van der Waals surface area contributed by atoms with Gasteiger partial charge < -0.3 is 10.6 Å². The molecular weight excluding hydrogens is 206 g/mol. The SMILES string of the molecule is CN(CC1CC1)c1cccnc1C(N)=S. The van der Waals surface area contributed by atoms with E-state index in [0.717, 1.165) is 23.8 Å². The largest absolute Gasteiger partial charge is 0.388 e. The van der Waals surface area contributed by atoms with Crippen LogP contribution in [0, 0.1) is 5.92 Å². The Kier molecular flexibility index (Phi) is 2.86. The van der Waals surface area contributed by atoms with E-state index in [9.17, 15) is 0 Å². The molecule has 3 nitrogen and oxygen atoms in total. The summed E-state index contributed by atoms with van der Waals surface area (Å²) < 4.78 is 0. The Labute approximate surface area is 95.3 Å². The average molecular weight is 221 g/mol. The smallest absolute Gasteiger partial charge is 0.124 e. The summed E-state index contributed by atoms with van der Waals surface area (Å²) in [5.74, 6) is 0.842. The fourth-order valence-corrected chi connectivity index (χ4v) is 1.84. The van der Waals surface area contributed by atoms with Crippen molar-refractivity contribution in [1.29, 1.82) is 0 Å². The second kappa shape index (κ2) is 4.14. The van der Waals surface area contributed by atoms with Gasteiger partial charge in [-0.15, -0.1) is 0 Å². The average Bonchev–Trinajstić information content (AvgIpc) is 3.01. The van der Waals surface area contributed by atoms with Crippen LogP contribution in [0.5, 0.6) is 0 Å². The molecule has 0 spiro atoms. The van der Waals surface area contributed by atoms with Gasteiger partial charge in [0.1, 0.15) is 10.7 Å². The first-order valence-corrected chi connectivity index (χ1v) is 5.55. The number of thiocarbonyl (C=S) groups is 1. The zero-order valence-corrected chi connectivity index (χ0v) is 9.63. The van der Waals surface area contributed by atoms with Gasteiger partial charge in [-0.3, -0.25) is 4.98 Å². The summed E-state index contributed by atoms with van der Waals surface area (Å²) in [5, 5.41) is 0. The van der Waals surface area contributed by atoms with Gasteiger partial charge >= 0.3 is 0 Å². The number of nitrogens with two attached hydrogens (primary N) is 1. The standard InChI is InChI=1S/C11H15N3S/c1-14(7-8-4-5-8)9-3-2-6-13-10(9)11(12)15/h2-3,6,8H,4-5,7H2,1H3,(H2,12,15). The van der Waals surface area contributed by atoms with E-state index in [1.165, 1.54) is 12.8 Å². The van der Waals surface area contributed by atoms with Crippen molar-refractivity contribution in [3.63, 3.8) is 0 Å². The summed E-state index contributed by atoms with van der Waals surface area (Å²) in [7, 11) is 2.07. The molecule has 15 heavy (non-hydrogen) atoms. The predicted molar refractivity (Wildman–Crippen MR) is 66.1 cm³/mol. The molecule has 0 amide bonds. The molecule has 0 aromatic carbocycles. The maximum atomic E-state index is 5.64. The van der Waals surface area contributed by atoms with Gasteiger partial charge in [0.25, 0.3) is 0 Å². The van der Waals surface area contributed by atoms with Crippen LogP contribution in [0.25, 0.3) is 0 Å². The molecule has 80 valence electrons. The summed E-state index contributed by atoms with van der Waals surface area (Å²) in [4.78, 5) is 6.78. The van der Waals surface area contributed by atoms with Crippen LogP contribution in [0.15, 0.2) is 18.3 Å². The predicted octanol–water partition coefficient (Wildman–Crippen LogP) is 1.56. The Morgan fingerprint density at radius 2 is 2.40 bits per heavy atom. The monoisotopic (exact) mass is 221 g/mol. The molecular formula is C11H15N3S. The molecule has 1 aromatic heterocycles. The van der Waals surface area contributed by atoms with Gasteiger partial charge in [-0.05, 0) is 30.9 Å². The van der Waals surface area contributed by atoms with Crippen molar-refractivity contribution in [3.8, 4) is 0 Å². The highest BCUT2D eigenvalue weighted by Gasteiger charge is 2.24. The molecule has 2 rings (SSSR count). The molecule has 2 N–H and O–H groups in total. The second-order valence-corrected chi connectivity index (χ2v) is 4.50. The molecule has 1 heterocycles. The quantitative estimate of drug-likeness (QED) is 0.784. The van der Waals surface area contributed by atoms with Crippen LogP contribution in [-0.2, 0) is 0 Å². The number of hydrogen-bond acceptors (Lipinski definition) is 3. The number of rotatable bonds is 4. The van der Waals surface area contributed by atoms with Gasteiger partial charge in [0.15, 0.2) is 0 Å². The minimum atomic E-state index is 0.369. The molecule has 0 aliphatic heterocycles. The molecule has 0 unspecified atom stereocenters. The molecule has 4 heteroatoms. The summed E-state index contributed by atoms with van der Waals surface area (Å²) >= 11 is 4.99. The normalized spacial score (nSPS) is 15.0. The number of hydrogen-bond donors (Lipinski definition) is 1. The maximum absolute atomic E-state index is 5.64. The molecule has 1 saturated carbocycles. The van der Waals surface area contributed by atoms with E-state index >= 15 is 0 Å². The van der Waals surface area contributed by atoms with Gasteiger partial charge in [0.2, 0.25) is 0 Å². The lowest BCUT2D eigenvalue weighted by molar-refractivity contribution is 0.785. The molecule has 1 aliphatic rings. The molecule has 1 fully saturated rings. The molecule has 0 radical (unpaired) electrons. The highest BCUT2D eigenvalue weighted by atomic mass is 32.1. The minimum absolute atomic E-state index is 0.369. The minimum Gasteiger partial charge on any atom is -0.388 e. The summed E-state index contributed by atoms with van der Waals surface area (Å²) in [6.45, 7) is 1.07. The number of pyridine rings is 1. The van der Waals surface area contributed by atoms with Gasteiger partial charge in [-0.2, -0.15) is 0 Å². The van der Waals surface area contributed by atoms with E-state index in [4.69, 9.17) is 18.0 Å². The van der Waals surface area contributed by atoms with Gasteiger partial charge in [0.05, 0.1) is 5.69 Å². The first-order valence-electron chi connectivity index (χ1n) is 5.14. The van der Waals surface area contributed by atoms with E-state index in [1.807, 2.05) is 12.1 Å². The van der Waals surface area contributed by atoms with Crippen LogP contribution >= 0.6 is 12.2 Å². The van der Waals surface area contributed by atoms with Crippen molar-refractivity contribution in [2.24, 2.45) is 11.7 Å². The third kappa shape index (κ3) is 2.45. The first-order chi connectivity index (χ1) is 7.18. The second-order valence-electron chi connectivity index (χ2n) is 4.06. The Bertz CT molecular complexity index is 374. The van der Waals surface area contributed by atoms with Crippen LogP contribution in [0.3, 0.4) is 0 Å². The fourth-order valence-electron chi connectivity index (χ4n) is 1.68. The Balaban J connectivity index is 2.20. The maximum Gasteiger partial charge on any atom is 0.124 e. The van der Waals surface area contributed by atoms with Crippen LogP contribution in [0.1, 0.15) is 18.5 Å². The van der Waals surface area contributed by atoms with E-state index in [2.05, 4.69) is 16.9 Å². The topological polar surface area (TPSA) is 42.2 Å². The van der Waals surface area contributed by atoms with Gasteiger partial charge in [-0.1, -0.05) is 12.2 Å². The van der Waals surface area contributed by atoms with Crippen molar-refractivity contribution in [1.82, 2.24) is 4.98 Å². The summed E-state index contributed by atoms with van der Waals surface area (Å²) in [5.41, 5.74) is 7.41. The summed E-state index contributed by atoms with van der Waals surface area (Å²) in [6, 6.07) is 3.93. The number of aromatic nitrogens is 1. The van der Waals surface area contributed by atoms with E-state index in [-0.39, 0.29) is 0 Å². The first kappa shape index (κ1) is 10.4. The third-order valence-electron chi connectivity index (χ3n) is 2.66. The van der Waals surface area contributed by atoms with Crippen LogP contribution < -0.4 is 10.6 Å². The van der Waals surface area contributed by atoms with Gasteiger partial charge in [0, 0.05) is 19.8 Å². The Morgan fingerprint density at radius 3 is 3.00 bits per heavy atom. The molecule has 0 atom stereocenters. The van der Waals surface area contributed by atoms with E-state index in [1.54, 1.807) is 6.20 Å². The van der Waals surface area contributed by atoms with E-state index in [0.29, 0.717) is 4.99 Å². The fraction of sp³-hybridized carbons (Fsp3) is 0.455. The van der Waals surface area contributed by atoms with E-state index < -0.39 is 0 Å². The lowest BCUT2D eigenvalue weighted by atomic mass is 10.2. The Morgan fingerprint density at radius 1 is 1.67 bits per heavy atom. The Hall–Kier alpha value is -1.16. The summed E-state index contributed by atoms with van der Waals surface area (Å²) in [6.07, 6.45) is 4.41. The van der Waals surface area contributed by atoms with Crippen LogP contribution in [0.4, 0.5) is 5.69 Å². The van der Waals surface area contributed by atoms with Crippen molar-refractivity contribution in [2.45, 2.75) is 12.8 Å². The lowest BCUT2D eigenvalue weighted by Crippen LogP contribution is -2.24. The molecule has 1 aliphatic carbocycles. The van der Waals surface area contributed by atoms with Gasteiger partial charge in [-0.25, -0.2) is 0 Å².